The van der Waals surface area contributed by atoms with Gasteiger partial charge in [-0.2, -0.15) is 4.98 Å². The van der Waals surface area contributed by atoms with Crippen LogP contribution in [-0.2, 0) is 0 Å². The molecule has 0 aliphatic carbocycles. The summed E-state index contributed by atoms with van der Waals surface area (Å²) in [5.74, 6) is 2.83. The molecule has 0 saturated heterocycles. The first-order valence-corrected chi connectivity index (χ1v) is 8.01. The van der Waals surface area contributed by atoms with Crippen LogP contribution in [0.3, 0.4) is 0 Å². The zero-order valence-electron chi connectivity index (χ0n) is 13.6. The molecule has 0 aliphatic rings. The van der Waals surface area contributed by atoms with Crippen molar-refractivity contribution in [2.75, 3.05) is 17.2 Å². The molecule has 0 spiro atoms. The number of rotatable bonds is 7. The van der Waals surface area contributed by atoms with Gasteiger partial charge in [0.2, 0.25) is 5.95 Å². The van der Waals surface area contributed by atoms with E-state index in [1.807, 2.05) is 60.7 Å². The summed E-state index contributed by atoms with van der Waals surface area (Å²) in [7, 11) is 0. The zero-order valence-corrected chi connectivity index (χ0v) is 13.6. The van der Waals surface area contributed by atoms with E-state index >= 15 is 0 Å². The van der Waals surface area contributed by atoms with Gasteiger partial charge >= 0.3 is 0 Å². The summed E-state index contributed by atoms with van der Waals surface area (Å²) in [5.41, 5.74) is 0.814. The van der Waals surface area contributed by atoms with Gasteiger partial charge < -0.3 is 15.4 Å². The van der Waals surface area contributed by atoms with Gasteiger partial charge in [0.25, 0.3) is 0 Å². The Balaban J connectivity index is 1.78. The van der Waals surface area contributed by atoms with Crippen LogP contribution in [-0.4, -0.2) is 16.5 Å². The molecule has 0 saturated carbocycles. The van der Waals surface area contributed by atoms with Crippen molar-refractivity contribution < 1.29 is 4.74 Å². The van der Waals surface area contributed by atoms with Crippen molar-refractivity contribution in [3.63, 3.8) is 0 Å². The van der Waals surface area contributed by atoms with Gasteiger partial charge in [0, 0.05) is 12.7 Å². The molecule has 24 heavy (non-hydrogen) atoms. The van der Waals surface area contributed by atoms with E-state index in [9.17, 15) is 0 Å². The van der Waals surface area contributed by atoms with E-state index in [1.165, 1.54) is 0 Å². The lowest BCUT2D eigenvalue weighted by atomic mass is 10.3. The maximum Gasteiger partial charge on any atom is 0.229 e. The summed E-state index contributed by atoms with van der Waals surface area (Å²) in [6.45, 7) is 2.99. The van der Waals surface area contributed by atoms with Crippen LogP contribution in [0.2, 0.25) is 0 Å². The lowest BCUT2D eigenvalue weighted by Crippen LogP contribution is -2.05. The van der Waals surface area contributed by atoms with Crippen LogP contribution in [0, 0.1) is 0 Å². The molecule has 0 atom stereocenters. The molecule has 0 radical (unpaired) electrons. The van der Waals surface area contributed by atoms with Crippen molar-refractivity contribution in [1.29, 1.82) is 0 Å². The topological polar surface area (TPSA) is 59.1 Å². The minimum Gasteiger partial charge on any atom is -0.455 e. The molecule has 3 rings (SSSR count). The van der Waals surface area contributed by atoms with Crippen molar-refractivity contribution in [2.24, 2.45) is 0 Å². The van der Waals surface area contributed by atoms with Crippen LogP contribution >= 0.6 is 0 Å². The highest BCUT2D eigenvalue weighted by Crippen LogP contribution is 2.30. The first kappa shape index (κ1) is 15.8. The van der Waals surface area contributed by atoms with Crippen LogP contribution in [0.25, 0.3) is 0 Å². The largest absolute Gasteiger partial charge is 0.455 e. The molecule has 0 fully saturated rings. The molecule has 0 aliphatic heterocycles. The maximum atomic E-state index is 5.94. The Hall–Kier alpha value is -3.08. The van der Waals surface area contributed by atoms with Crippen LogP contribution in [0.1, 0.15) is 13.3 Å². The third-order valence-electron chi connectivity index (χ3n) is 3.32. The highest BCUT2D eigenvalue weighted by atomic mass is 16.5. The lowest BCUT2D eigenvalue weighted by Gasteiger charge is -2.12. The summed E-state index contributed by atoms with van der Waals surface area (Å²) in [4.78, 5) is 8.74. The standard InChI is InChI=1S/C19H20N4O/c1-2-13-20-18-12-14-21-19(23-18)22-16-10-6-7-11-17(16)24-15-8-4-3-5-9-15/h3-12,14H,2,13H2,1H3,(H2,20,21,22,23). The van der Waals surface area contributed by atoms with Crippen molar-refractivity contribution in [3.8, 4) is 11.5 Å². The molecular weight excluding hydrogens is 300 g/mol. The van der Waals surface area contributed by atoms with Gasteiger partial charge in [0.1, 0.15) is 11.6 Å². The van der Waals surface area contributed by atoms with Crippen molar-refractivity contribution in [1.82, 2.24) is 9.97 Å². The minimum absolute atomic E-state index is 0.528. The van der Waals surface area contributed by atoms with E-state index in [0.29, 0.717) is 5.95 Å². The van der Waals surface area contributed by atoms with E-state index in [-0.39, 0.29) is 0 Å². The summed E-state index contributed by atoms with van der Waals surface area (Å²) in [6.07, 6.45) is 2.77. The van der Waals surface area contributed by atoms with Gasteiger partial charge in [-0.05, 0) is 36.8 Å². The molecule has 0 bridgehead atoms. The molecule has 3 aromatic rings. The third-order valence-corrected chi connectivity index (χ3v) is 3.32. The molecule has 122 valence electrons. The fraction of sp³-hybridized carbons (Fsp3) is 0.158. The number of hydrogen-bond acceptors (Lipinski definition) is 5. The highest BCUT2D eigenvalue weighted by Gasteiger charge is 2.06. The van der Waals surface area contributed by atoms with Gasteiger partial charge in [-0.15, -0.1) is 0 Å². The number of hydrogen-bond donors (Lipinski definition) is 2. The number of aromatic nitrogens is 2. The van der Waals surface area contributed by atoms with Crippen LogP contribution < -0.4 is 15.4 Å². The average molecular weight is 320 g/mol. The van der Waals surface area contributed by atoms with E-state index in [1.54, 1.807) is 6.20 Å². The molecule has 1 heterocycles. The Morgan fingerprint density at radius 2 is 1.75 bits per heavy atom. The van der Waals surface area contributed by atoms with Crippen LogP contribution in [0.15, 0.2) is 66.9 Å². The number of para-hydroxylation sites is 3. The molecule has 5 heteroatoms. The molecule has 0 unspecified atom stereocenters. The smallest absolute Gasteiger partial charge is 0.229 e. The number of ether oxygens (including phenoxy) is 1. The predicted molar refractivity (Wildman–Crippen MR) is 97.1 cm³/mol. The summed E-state index contributed by atoms with van der Waals surface area (Å²) in [6, 6.07) is 19.3. The predicted octanol–water partition coefficient (Wildman–Crippen LogP) is 4.83. The zero-order chi connectivity index (χ0) is 16.6. The maximum absolute atomic E-state index is 5.94. The number of nitrogens with one attached hydrogen (secondary N) is 2. The Morgan fingerprint density at radius 1 is 0.958 bits per heavy atom. The highest BCUT2D eigenvalue weighted by molar-refractivity contribution is 5.63. The quantitative estimate of drug-likeness (QED) is 0.652. The molecular formula is C19H20N4O. The second-order valence-electron chi connectivity index (χ2n) is 5.23. The van der Waals surface area contributed by atoms with Gasteiger partial charge in [-0.1, -0.05) is 37.3 Å². The number of benzene rings is 2. The van der Waals surface area contributed by atoms with E-state index in [4.69, 9.17) is 4.74 Å². The fourth-order valence-corrected chi connectivity index (χ4v) is 2.17. The van der Waals surface area contributed by atoms with Gasteiger partial charge in [-0.3, -0.25) is 0 Å². The summed E-state index contributed by atoms with van der Waals surface area (Å²) >= 11 is 0. The number of anilines is 3. The minimum atomic E-state index is 0.528. The third kappa shape index (κ3) is 4.23. The number of nitrogens with zero attached hydrogens (tertiary/aromatic N) is 2. The van der Waals surface area contributed by atoms with Gasteiger partial charge in [0.05, 0.1) is 5.69 Å². The SMILES string of the molecule is CCCNc1ccnc(Nc2ccccc2Oc2ccccc2)n1. The normalized spacial score (nSPS) is 10.2. The van der Waals surface area contributed by atoms with Crippen molar-refractivity contribution >= 4 is 17.5 Å². The van der Waals surface area contributed by atoms with Crippen LogP contribution in [0.5, 0.6) is 11.5 Å². The molecule has 0 amide bonds. The molecule has 2 N–H and O–H groups in total. The summed E-state index contributed by atoms with van der Waals surface area (Å²) < 4.78 is 5.94. The van der Waals surface area contributed by atoms with Crippen molar-refractivity contribution in [3.05, 3.63) is 66.9 Å². The molecule has 2 aromatic carbocycles. The Morgan fingerprint density at radius 3 is 2.58 bits per heavy atom. The Kier molecular flexibility index (Phi) is 5.24. The summed E-state index contributed by atoms with van der Waals surface area (Å²) in [5, 5.41) is 6.47. The first-order valence-electron chi connectivity index (χ1n) is 8.01. The van der Waals surface area contributed by atoms with Crippen molar-refractivity contribution in [2.45, 2.75) is 13.3 Å². The van der Waals surface area contributed by atoms with Gasteiger partial charge in [0.15, 0.2) is 5.75 Å². The van der Waals surface area contributed by atoms with Gasteiger partial charge in [-0.25, -0.2) is 4.98 Å². The Labute approximate surface area is 141 Å². The Bertz CT molecular complexity index is 777. The molecule has 5 nitrogen and oxygen atoms in total. The molecule has 1 aromatic heterocycles. The second kappa shape index (κ2) is 7.97. The fourth-order valence-electron chi connectivity index (χ4n) is 2.17. The van der Waals surface area contributed by atoms with E-state index in [2.05, 4.69) is 27.5 Å². The lowest BCUT2D eigenvalue weighted by molar-refractivity contribution is 0.485. The second-order valence-corrected chi connectivity index (χ2v) is 5.23. The first-order chi connectivity index (χ1) is 11.8. The monoisotopic (exact) mass is 320 g/mol. The van der Waals surface area contributed by atoms with Crippen LogP contribution in [0.4, 0.5) is 17.5 Å². The van der Waals surface area contributed by atoms with E-state index in [0.717, 1.165) is 36.0 Å². The van der Waals surface area contributed by atoms with E-state index < -0.39 is 0 Å². The average Bonchev–Trinajstić information content (AvgIpc) is 2.63.